The van der Waals surface area contributed by atoms with Crippen LogP contribution < -0.4 is 10.2 Å². The third kappa shape index (κ3) is 4.07. The van der Waals surface area contributed by atoms with E-state index in [-0.39, 0.29) is 17.7 Å². The quantitative estimate of drug-likeness (QED) is 0.716. The second kappa shape index (κ2) is 8.16. The van der Waals surface area contributed by atoms with Crippen molar-refractivity contribution in [1.82, 2.24) is 13.6 Å². The third-order valence-electron chi connectivity index (χ3n) is 5.09. The molecule has 1 fully saturated rings. The van der Waals surface area contributed by atoms with E-state index in [4.69, 9.17) is 0 Å². The molecule has 1 aromatic heterocycles. The Labute approximate surface area is 173 Å². The van der Waals surface area contributed by atoms with Crippen LogP contribution in [-0.2, 0) is 4.79 Å². The van der Waals surface area contributed by atoms with E-state index >= 15 is 0 Å². The van der Waals surface area contributed by atoms with Gasteiger partial charge in [-0.3, -0.25) is 9.59 Å². The van der Waals surface area contributed by atoms with E-state index in [9.17, 15) is 9.59 Å². The van der Waals surface area contributed by atoms with Gasteiger partial charge in [0.05, 0.1) is 23.1 Å². The first-order chi connectivity index (χ1) is 14.0. The van der Waals surface area contributed by atoms with Gasteiger partial charge in [-0.25, -0.2) is 0 Å². The van der Waals surface area contributed by atoms with Crippen molar-refractivity contribution in [3.63, 3.8) is 0 Å². The minimum Gasteiger partial charge on any atom is -0.366 e. The fourth-order valence-corrected chi connectivity index (χ4v) is 4.02. The number of benzene rings is 2. The second-order valence-electron chi connectivity index (χ2n) is 7.41. The molecular weight excluding hydrogens is 386 g/mol. The Morgan fingerprint density at radius 1 is 1.00 bits per heavy atom. The Kier molecular flexibility index (Phi) is 5.44. The van der Waals surface area contributed by atoms with Crippen molar-refractivity contribution in [1.29, 1.82) is 0 Å². The summed E-state index contributed by atoms with van der Waals surface area (Å²) in [6, 6.07) is 13.1. The van der Waals surface area contributed by atoms with Crippen LogP contribution >= 0.6 is 11.7 Å². The number of hydrogen-bond donors (Lipinski definition) is 1. The number of para-hydroxylation sites is 2. The molecule has 0 bridgehead atoms. The zero-order valence-electron chi connectivity index (χ0n) is 16.5. The topological polar surface area (TPSA) is 78.4 Å². The summed E-state index contributed by atoms with van der Waals surface area (Å²) in [6.07, 6.45) is 0. The van der Waals surface area contributed by atoms with Gasteiger partial charge in [-0.1, -0.05) is 26.0 Å². The van der Waals surface area contributed by atoms with Gasteiger partial charge in [0.25, 0.3) is 5.91 Å². The van der Waals surface area contributed by atoms with Gasteiger partial charge in [0.2, 0.25) is 5.91 Å². The van der Waals surface area contributed by atoms with E-state index in [1.807, 2.05) is 49.1 Å². The lowest BCUT2D eigenvalue weighted by Crippen LogP contribution is -2.50. The maximum atomic E-state index is 12.8. The molecule has 8 heteroatoms. The average Bonchev–Trinajstić information content (AvgIpc) is 3.21. The van der Waals surface area contributed by atoms with Crippen LogP contribution in [0, 0.1) is 5.92 Å². The first-order valence-corrected chi connectivity index (χ1v) is 10.4. The van der Waals surface area contributed by atoms with E-state index in [1.54, 1.807) is 12.1 Å². The largest absolute Gasteiger partial charge is 0.366 e. The van der Waals surface area contributed by atoms with Crippen molar-refractivity contribution in [2.45, 2.75) is 13.8 Å². The Hall–Kier alpha value is -3.00. The van der Waals surface area contributed by atoms with Gasteiger partial charge in [-0.2, -0.15) is 8.75 Å². The Morgan fingerprint density at radius 2 is 1.72 bits per heavy atom. The van der Waals surface area contributed by atoms with Crippen LogP contribution in [0.3, 0.4) is 0 Å². The van der Waals surface area contributed by atoms with Gasteiger partial charge in [-0.05, 0) is 30.3 Å². The Morgan fingerprint density at radius 3 is 2.48 bits per heavy atom. The number of hydrogen-bond acceptors (Lipinski definition) is 6. The first-order valence-electron chi connectivity index (χ1n) is 9.69. The number of nitrogens with zero attached hydrogens (tertiary/aromatic N) is 4. The summed E-state index contributed by atoms with van der Waals surface area (Å²) < 4.78 is 8.38. The molecular formula is C21H23N5O2S. The standard InChI is InChI=1S/C21H23N5O2S/c1-14(2)21(28)26-11-9-25(10-12-26)19-6-4-3-5-17(19)22-20(27)15-7-8-16-18(13-15)24-29-23-16/h3-8,13-14H,9-12H2,1-2H3,(H,22,27). The fourth-order valence-electron chi connectivity index (χ4n) is 3.51. The summed E-state index contributed by atoms with van der Waals surface area (Å²) in [6.45, 7) is 6.71. The molecule has 0 aliphatic carbocycles. The predicted molar refractivity (Wildman–Crippen MR) is 115 cm³/mol. The summed E-state index contributed by atoms with van der Waals surface area (Å²) >= 11 is 1.14. The molecule has 150 valence electrons. The maximum absolute atomic E-state index is 12.8. The van der Waals surface area contributed by atoms with E-state index in [0.717, 1.165) is 47.2 Å². The SMILES string of the molecule is CC(C)C(=O)N1CCN(c2ccccc2NC(=O)c2ccc3nsnc3c2)CC1. The molecule has 1 aliphatic heterocycles. The minimum atomic E-state index is -0.180. The summed E-state index contributed by atoms with van der Waals surface area (Å²) in [4.78, 5) is 29.2. The summed E-state index contributed by atoms with van der Waals surface area (Å²) in [5.74, 6) is 0.0255. The molecule has 0 atom stereocenters. The maximum Gasteiger partial charge on any atom is 0.255 e. The fraction of sp³-hybridized carbons (Fsp3) is 0.333. The highest BCUT2D eigenvalue weighted by Crippen LogP contribution is 2.27. The van der Waals surface area contributed by atoms with E-state index in [0.29, 0.717) is 18.7 Å². The highest BCUT2D eigenvalue weighted by Gasteiger charge is 2.24. The number of rotatable bonds is 4. The van der Waals surface area contributed by atoms with Gasteiger partial charge in [0.1, 0.15) is 11.0 Å². The number of carbonyl (C=O) groups excluding carboxylic acids is 2. The molecule has 29 heavy (non-hydrogen) atoms. The van der Waals surface area contributed by atoms with Crippen LogP contribution in [-0.4, -0.2) is 51.6 Å². The lowest BCUT2D eigenvalue weighted by atomic mass is 10.1. The van der Waals surface area contributed by atoms with Gasteiger partial charge in [-0.15, -0.1) is 0 Å². The molecule has 1 N–H and O–H groups in total. The summed E-state index contributed by atoms with van der Waals surface area (Å²) in [5, 5.41) is 3.03. The number of carbonyl (C=O) groups is 2. The summed E-state index contributed by atoms with van der Waals surface area (Å²) in [5.41, 5.74) is 3.79. The molecule has 0 radical (unpaired) electrons. The third-order valence-corrected chi connectivity index (χ3v) is 5.65. The van der Waals surface area contributed by atoms with Crippen molar-refractivity contribution in [3.8, 4) is 0 Å². The van der Waals surface area contributed by atoms with Crippen LogP contribution in [0.25, 0.3) is 11.0 Å². The van der Waals surface area contributed by atoms with Gasteiger partial charge < -0.3 is 15.1 Å². The monoisotopic (exact) mass is 409 g/mol. The van der Waals surface area contributed by atoms with Gasteiger partial charge >= 0.3 is 0 Å². The molecule has 2 aromatic carbocycles. The molecule has 1 aliphatic rings. The van der Waals surface area contributed by atoms with E-state index < -0.39 is 0 Å². The van der Waals surface area contributed by atoms with Crippen molar-refractivity contribution >= 4 is 46.0 Å². The lowest BCUT2D eigenvalue weighted by molar-refractivity contribution is -0.134. The molecule has 1 saturated heterocycles. The van der Waals surface area contributed by atoms with Crippen LogP contribution in [0.15, 0.2) is 42.5 Å². The molecule has 7 nitrogen and oxygen atoms in total. The molecule has 3 aromatic rings. The highest BCUT2D eigenvalue weighted by molar-refractivity contribution is 7.00. The van der Waals surface area contributed by atoms with Crippen LogP contribution in [0.4, 0.5) is 11.4 Å². The first kappa shape index (κ1) is 19.3. The zero-order chi connectivity index (χ0) is 20.4. The average molecular weight is 410 g/mol. The van der Waals surface area contributed by atoms with Crippen LogP contribution in [0.1, 0.15) is 24.2 Å². The van der Waals surface area contributed by atoms with Crippen molar-refractivity contribution in [2.75, 3.05) is 36.4 Å². The van der Waals surface area contributed by atoms with Crippen molar-refractivity contribution in [2.24, 2.45) is 5.92 Å². The predicted octanol–water partition coefficient (Wildman–Crippen LogP) is 3.25. The van der Waals surface area contributed by atoms with Crippen molar-refractivity contribution < 1.29 is 9.59 Å². The number of amides is 2. The lowest BCUT2D eigenvalue weighted by Gasteiger charge is -2.37. The Balaban J connectivity index is 1.48. The molecule has 2 heterocycles. The molecule has 0 spiro atoms. The molecule has 4 rings (SSSR count). The van der Waals surface area contributed by atoms with Crippen molar-refractivity contribution in [3.05, 3.63) is 48.0 Å². The molecule has 2 amide bonds. The Bertz CT molecular complexity index is 1040. The normalized spacial score (nSPS) is 14.4. The van der Waals surface area contributed by atoms with Gasteiger partial charge in [0, 0.05) is 37.7 Å². The van der Waals surface area contributed by atoms with E-state index in [1.165, 1.54) is 0 Å². The number of anilines is 2. The number of aromatic nitrogens is 2. The van der Waals surface area contributed by atoms with Crippen LogP contribution in [0.2, 0.25) is 0 Å². The number of fused-ring (bicyclic) bond motifs is 1. The number of nitrogens with one attached hydrogen (secondary N) is 1. The smallest absolute Gasteiger partial charge is 0.255 e. The highest BCUT2D eigenvalue weighted by atomic mass is 32.1. The van der Waals surface area contributed by atoms with E-state index in [2.05, 4.69) is 19.0 Å². The summed E-state index contributed by atoms with van der Waals surface area (Å²) in [7, 11) is 0. The number of piperazine rings is 1. The molecule has 0 saturated carbocycles. The van der Waals surface area contributed by atoms with Gasteiger partial charge in [0.15, 0.2) is 0 Å². The van der Waals surface area contributed by atoms with Crippen LogP contribution in [0.5, 0.6) is 0 Å². The zero-order valence-corrected chi connectivity index (χ0v) is 17.3. The minimum absolute atomic E-state index is 0.0124. The molecule has 0 unspecified atom stereocenters. The second-order valence-corrected chi connectivity index (χ2v) is 7.93.